The summed E-state index contributed by atoms with van der Waals surface area (Å²) in [5.41, 5.74) is 3.38. The number of ether oxygens (including phenoxy) is 1. The third-order valence-corrected chi connectivity index (χ3v) is 7.87. The number of rotatable bonds is 5. The second-order valence-corrected chi connectivity index (χ2v) is 9.99. The summed E-state index contributed by atoms with van der Waals surface area (Å²) >= 11 is 0. The van der Waals surface area contributed by atoms with E-state index in [0.717, 1.165) is 5.56 Å². The van der Waals surface area contributed by atoms with Gasteiger partial charge in [-0.25, -0.2) is 15.0 Å². The number of benzene rings is 4. The molecule has 1 saturated heterocycles. The molecule has 4 aromatic carbocycles. The zero-order valence-corrected chi connectivity index (χ0v) is 21.2. The summed E-state index contributed by atoms with van der Waals surface area (Å²) in [5, 5.41) is 40.9. The maximum absolute atomic E-state index is 10.5. The van der Waals surface area contributed by atoms with Gasteiger partial charge < -0.3 is 25.4 Å². The molecule has 1 aliphatic rings. The van der Waals surface area contributed by atoms with Gasteiger partial charge in [-0.3, -0.25) is 4.57 Å². The van der Waals surface area contributed by atoms with Crippen LogP contribution in [0.1, 0.15) is 17.4 Å². The first kappa shape index (κ1) is 23.9. The van der Waals surface area contributed by atoms with Gasteiger partial charge in [-0.15, -0.1) is 0 Å². The van der Waals surface area contributed by atoms with Crippen molar-refractivity contribution in [3.8, 4) is 0 Å². The van der Waals surface area contributed by atoms with E-state index in [2.05, 4.69) is 87.9 Å². The van der Waals surface area contributed by atoms with Gasteiger partial charge in [-0.2, -0.15) is 0 Å². The van der Waals surface area contributed by atoms with Crippen LogP contribution in [0.2, 0.25) is 0 Å². The summed E-state index contributed by atoms with van der Waals surface area (Å²) in [5.74, 6) is 0.545. The van der Waals surface area contributed by atoms with E-state index in [1.807, 2.05) is 0 Å². The molecule has 6 aromatic rings. The summed E-state index contributed by atoms with van der Waals surface area (Å²) in [7, 11) is 0. The van der Waals surface area contributed by atoms with Crippen LogP contribution in [0.5, 0.6) is 0 Å². The van der Waals surface area contributed by atoms with Crippen LogP contribution in [0.25, 0.3) is 43.5 Å². The van der Waals surface area contributed by atoms with E-state index < -0.39 is 31.1 Å². The molecule has 4 N–H and O–H groups in total. The number of nitrogens with zero attached hydrogens (tertiary/aromatic N) is 4. The molecule has 4 atom stereocenters. The summed E-state index contributed by atoms with van der Waals surface area (Å²) in [6.07, 6.45) is -1.32. The van der Waals surface area contributed by atoms with Crippen molar-refractivity contribution in [2.75, 3.05) is 11.9 Å². The fraction of sp³-hybridized carbons (Fsp3) is 0.233. The van der Waals surface area contributed by atoms with Gasteiger partial charge in [0, 0.05) is 6.54 Å². The second kappa shape index (κ2) is 9.25. The van der Waals surface area contributed by atoms with Gasteiger partial charge in [0.2, 0.25) is 0 Å². The molecular formula is C30H27N5O4. The van der Waals surface area contributed by atoms with Crippen LogP contribution in [-0.2, 0) is 11.3 Å². The number of aliphatic hydroxyl groups is 3. The normalized spacial score (nSPS) is 21.4. The van der Waals surface area contributed by atoms with Crippen molar-refractivity contribution in [2.45, 2.75) is 38.0 Å². The molecule has 0 spiro atoms. The number of aryl methyl sites for hydroxylation is 1. The molecule has 7 rings (SSSR count). The number of aromatic nitrogens is 4. The van der Waals surface area contributed by atoms with Crippen molar-refractivity contribution >= 4 is 49.3 Å². The number of hydrogen-bond donors (Lipinski definition) is 4. The van der Waals surface area contributed by atoms with Crippen LogP contribution < -0.4 is 5.32 Å². The van der Waals surface area contributed by atoms with Gasteiger partial charge in [-0.05, 0) is 50.4 Å². The van der Waals surface area contributed by atoms with E-state index >= 15 is 0 Å². The molecule has 2 aromatic heterocycles. The molecule has 0 amide bonds. The van der Waals surface area contributed by atoms with Crippen LogP contribution in [0, 0.1) is 6.92 Å². The van der Waals surface area contributed by atoms with Crippen molar-refractivity contribution in [2.24, 2.45) is 0 Å². The Morgan fingerprint density at radius 3 is 2.44 bits per heavy atom. The molecule has 0 bridgehead atoms. The van der Waals surface area contributed by atoms with E-state index in [4.69, 9.17) is 4.74 Å². The number of imidazole rings is 1. The average molecular weight is 522 g/mol. The van der Waals surface area contributed by atoms with E-state index in [-0.39, 0.29) is 0 Å². The smallest absolute Gasteiger partial charge is 0.167 e. The zero-order valence-electron chi connectivity index (χ0n) is 21.2. The second-order valence-electron chi connectivity index (χ2n) is 9.99. The molecule has 0 radical (unpaired) electrons. The number of aliphatic hydroxyl groups excluding tert-OH is 3. The van der Waals surface area contributed by atoms with Crippen LogP contribution in [0.4, 0.5) is 5.82 Å². The van der Waals surface area contributed by atoms with Gasteiger partial charge in [0.25, 0.3) is 0 Å². The highest BCUT2D eigenvalue weighted by atomic mass is 16.6. The highest BCUT2D eigenvalue weighted by Gasteiger charge is 2.44. The Bertz CT molecular complexity index is 1870. The molecule has 0 unspecified atom stereocenters. The van der Waals surface area contributed by atoms with Gasteiger partial charge in [0.15, 0.2) is 23.2 Å². The van der Waals surface area contributed by atoms with Crippen LogP contribution in [0.15, 0.2) is 73.3 Å². The maximum Gasteiger partial charge on any atom is 0.167 e. The van der Waals surface area contributed by atoms with Crippen LogP contribution >= 0.6 is 0 Å². The van der Waals surface area contributed by atoms with Gasteiger partial charge in [0.1, 0.15) is 24.6 Å². The molecule has 1 fully saturated rings. The zero-order chi connectivity index (χ0) is 26.7. The van der Waals surface area contributed by atoms with Gasteiger partial charge in [-0.1, -0.05) is 60.7 Å². The molecule has 9 heteroatoms. The number of nitrogens with one attached hydrogen (secondary N) is 1. The fourth-order valence-corrected chi connectivity index (χ4v) is 5.92. The molecule has 1 aliphatic heterocycles. The Morgan fingerprint density at radius 1 is 0.872 bits per heavy atom. The van der Waals surface area contributed by atoms with E-state index in [1.165, 1.54) is 50.5 Å². The third kappa shape index (κ3) is 3.66. The summed E-state index contributed by atoms with van der Waals surface area (Å²) in [4.78, 5) is 13.3. The van der Waals surface area contributed by atoms with Crippen molar-refractivity contribution in [1.29, 1.82) is 0 Å². The lowest BCUT2D eigenvalue weighted by Gasteiger charge is -2.18. The van der Waals surface area contributed by atoms with Crippen molar-refractivity contribution in [3.63, 3.8) is 0 Å². The van der Waals surface area contributed by atoms with Crippen LogP contribution in [-0.4, -0.2) is 59.8 Å². The maximum atomic E-state index is 10.5. The minimum Gasteiger partial charge on any atom is -0.394 e. The Kier molecular flexibility index (Phi) is 5.67. The minimum absolute atomic E-state index is 0.406. The highest BCUT2D eigenvalue weighted by molar-refractivity contribution is 6.16. The Labute approximate surface area is 223 Å². The molecule has 39 heavy (non-hydrogen) atoms. The Hall–Kier alpha value is -4.15. The van der Waals surface area contributed by atoms with E-state index in [9.17, 15) is 15.3 Å². The molecule has 0 saturated carbocycles. The fourth-order valence-electron chi connectivity index (χ4n) is 5.92. The lowest BCUT2D eigenvalue weighted by atomic mass is 9.89. The standard InChI is InChI=1S/C30H27N5O4/c1-16-18-7-4-5-9-20(18)22(21-11-10-17-6-2-3-8-19(17)24(16)21)12-31-28-25-29(33-14-32-28)35(15-34-25)30-27(38)26(37)23(13-36)39-30/h2-11,14-15,23,26-27,30,36-38H,12-13H2,1H3,(H,31,32,33)/t23-,26-,27-,30-/m1/s1. The summed E-state index contributed by atoms with van der Waals surface area (Å²) in [6, 6.07) is 21.3. The Morgan fingerprint density at radius 2 is 1.64 bits per heavy atom. The average Bonchev–Trinajstić information content (AvgIpc) is 3.53. The summed E-state index contributed by atoms with van der Waals surface area (Å²) < 4.78 is 7.26. The number of anilines is 1. The largest absolute Gasteiger partial charge is 0.394 e. The predicted molar refractivity (Wildman–Crippen MR) is 149 cm³/mol. The Balaban J connectivity index is 1.31. The van der Waals surface area contributed by atoms with Crippen molar-refractivity contribution in [3.05, 3.63) is 84.4 Å². The molecule has 196 valence electrons. The van der Waals surface area contributed by atoms with Gasteiger partial charge >= 0.3 is 0 Å². The first-order valence-electron chi connectivity index (χ1n) is 12.9. The highest BCUT2D eigenvalue weighted by Crippen LogP contribution is 2.37. The monoisotopic (exact) mass is 521 g/mol. The third-order valence-electron chi connectivity index (χ3n) is 7.87. The van der Waals surface area contributed by atoms with Gasteiger partial charge in [0.05, 0.1) is 12.9 Å². The molecule has 9 nitrogen and oxygen atoms in total. The van der Waals surface area contributed by atoms with Crippen molar-refractivity contribution < 1.29 is 20.1 Å². The molecule has 0 aliphatic carbocycles. The quantitative estimate of drug-likeness (QED) is 0.199. The number of fused-ring (bicyclic) bond motifs is 5. The molecular weight excluding hydrogens is 494 g/mol. The van der Waals surface area contributed by atoms with Crippen LogP contribution in [0.3, 0.4) is 0 Å². The van der Waals surface area contributed by atoms with Crippen molar-refractivity contribution in [1.82, 2.24) is 19.5 Å². The predicted octanol–water partition coefficient (Wildman–Crippen LogP) is 3.82. The lowest BCUT2D eigenvalue weighted by Crippen LogP contribution is -2.33. The lowest BCUT2D eigenvalue weighted by molar-refractivity contribution is -0.0511. The molecule has 3 heterocycles. The number of hydrogen-bond acceptors (Lipinski definition) is 8. The topological polar surface area (TPSA) is 126 Å². The minimum atomic E-state index is -1.23. The van der Waals surface area contributed by atoms with E-state index in [0.29, 0.717) is 23.5 Å². The SMILES string of the molecule is Cc1c2ccccc2c(CNc2ncnc3c2ncn3[C@@H]2O[C@H](CO)[C@@H](O)[C@H]2O)c2ccc3ccccc3c12. The summed E-state index contributed by atoms with van der Waals surface area (Å²) in [6.45, 7) is 2.28. The van der Waals surface area contributed by atoms with E-state index in [1.54, 1.807) is 4.57 Å². The first-order valence-corrected chi connectivity index (χ1v) is 12.9. The first-order chi connectivity index (χ1) is 19.1.